The molecule has 2 bridgehead atoms. The van der Waals surface area contributed by atoms with Crippen LogP contribution in [-0.2, 0) is 18.5 Å². The highest BCUT2D eigenvalue weighted by atomic mass is 15.3. The van der Waals surface area contributed by atoms with E-state index in [-0.39, 0.29) is 0 Å². The highest BCUT2D eigenvalue weighted by molar-refractivity contribution is 5.32. The zero-order chi connectivity index (χ0) is 12.0. The summed E-state index contributed by atoms with van der Waals surface area (Å²) in [4.78, 5) is 0. The van der Waals surface area contributed by atoms with Crippen molar-refractivity contribution in [3.05, 3.63) is 17.5 Å². The maximum absolute atomic E-state index is 4.65. The van der Waals surface area contributed by atoms with Crippen molar-refractivity contribution in [1.82, 2.24) is 20.4 Å². The Morgan fingerprint density at radius 2 is 2.39 bits per heavy atom. The van der Waals surface area contributed by atoms with Gasteiger partial charge in [0.15, 0.2) is 0 Å². The Bertz CT molecular complexity index is 449. The molecule has 0 spiro atoms. The molecule has 1 aliphatic carbocycles. The minimum absolute atomic E-state index is 0.391. The number of nitrogens with one attached hydrogen (secondary N) is 2. The predicted octanol–water partition coefficient (Wildman–Crippen LogP) is 1.02. The summed E-state index contributed by atoms with van der Waals surface area (Å²) in [5.74, 6) is 0.896. The molecule has 0 aromatic carbocycles. The van der Waals surface area contributed by atoms with Gasteiger partial charge in [0, 0.05) is 30.6 Å². The minimum Gasteiger partial charge on any atom is -0.316 e. The minimum atomic E-state index is 0.391. The number of aromatic nitrogens is 2. The fourth-order valence-electron chi connectivity index (χ4n) is 4.22. The molecule has 0 radical (unpaired) electrons. The maximum atomic E-state index is 4.65. The van der Waals surface area contributed by atoms with Crippen molar-refractivity contribution < 1.29 is 0 Å². The van der Waals surface area contributed by atoms with Crippen LogP contribution in [-0.4, -0.2) is 29.4 Å². The average Bonchev–Trinajstić information content (AvgIpc) is 2.84. The normalized spacial score (nSPS) is 35.2. The maximum Gasteiger partial charge on any atom is 0.0560 e. The van der Waals surface area contributed by atoms with Crippen molar-refractivity contribution in [2.75, 3.05) is 19.6 Å². The lowest BCUT2D eigenvalue weighted by atomic mass is 9.76. The summed E-state index contributed by atoms with van der Waals surface area (Å²) in [6.45, 7) is 5.58. The Labute approximate surface area is 108 Å². The van der Waals surface area contributed by atoms with E-state index in [1.54, 1.807) is 0 Å². The van der Waals surface area contributed by atoms with Gasteiger partial charge < -0.3 is 10.6 Å². The van der Waals surface area contributed by atoms with Gasteiger partial charge in [0.05, 0.1) is 11.9 Å². The molecular formula is C14H22N4. The van der Waals surface area contributed by atoms with Crippen LogP contribution in [0.2, 0.25) is 0 Å². The molecule has 0 unspecified atom stereocenters. The second-order valence-electron chi connectivity index (χ2n) is 6.28. The number of fused-ring (bicyclic) bond motifs is 3. The molecule has 2 N–H and O–H groups in total. The Kier molecular flexibility index (Phi) is 2.49. The summed E-state index contributed by atoms with van der Waals surface area (Å²) in [5, 5.41) is 11.8. The molecule has 1 aromatic heterocycles. The zero-order valence-electron chi connectivity index (χ0n) is 10.9. The van der Waals surface area contributed by atoms with E-state index in [0.717, 1.165) is 32.1 Å². The van der Waals surface area contributed by atoms with Crippen LogP contribution in [0.25, 0.3) is 0 Å². The van der Waals surface area contributed by atoms with Gasteiger partial charge in [0.25, 0.3) is 0 Å². The third-order valence-electron chi connectivity index (χ3n) is 5.14. The molecule has 2 fully saturated rings. The number of aryl methyl sites for hydroxylation is 1. The molecule has 2 aliphatic heterocycles. The molecule has 1 aromatic rings. The molecule has 18 heavy (non-hydrogen) atoms. The summed E-state index contributed by atoms with van der Waals surface area (Å²) in [7, 11) is 0. The smallest absolute Gasteiger partial charge is 0.0560 e. The van der Waals surface area contributed by atoms with E-state index in [2.05, 4.69) is 26.6 Å². The molecule has 1 saturated carbocycles. The molecule has 1 saturated heterocycles. The van der Waals surface area contributed by atoms with E-state index < -0.39 is 0 Å². The van der Waals surface area contributed by atoms with Crippen LogP contribution >= 0.6 is 0 Å². The van der Waals surface area contributed by atoms with Crippen molar-refractivity contribution in [2.45, 2.75) is 44.2 Å². The van der Waals surface area contributed by atoms with E-state index in [1.165, 1.54) is 43.5 Å². The van der Waals surface area contributed by atoms with E-state index >= 15 is 0 Å². The molecule has 98 valence electrons. The first-order valence-corrected chi connectivity index (χ1v) is 7.34. The Morgan fingerprint density at radius 1 is 1.39 bits per heavy atom. The average molecular weight is 246 g/mol. The molecule has 2 atom stereocenters. The molecule has 4 heteroatoms. The molecule has 3 aliphatic rings. The largest absolute Gasteiger partial charge is 0.316 e. The molecule has 0 amide bonds. The van der Waals surface area contributed by atoms with Crippen molar-refractivity contribution in [3.8, 4) is 0 Å². The van der Waals surface area contributed by atoms with Crippen LogP contribution in [0, 0.1) is 5.92 Å². The standard InChI is InChI=1S/C14H22N4/c1-4-15-9-13-12(8-17-18(13)5-1)14-3-2-11(6-14)7-16-10-14/h8,11,15-16H,1-7,9-10H2/t11-,14-/m1/s1. The van der Waals surface area contributed by atoms with Gasteiger partial charge >= 0.3 is 0 Å². The van der Waals surface area contributed by atoms with Gasteiger partial charge in [-0.3, -0.25) is 4.68 Å². The Hall–Kier alpha value is -0.870. The van der Waals surface area contributed by atoms with Gasteiger partial charge in [-0.05, 0) is 44.7 Å². The second kappa shape index (κ2) is 4.07. The first-order chi connectivity index (χ1) is 8.87. The van der Waals surface area contributed by atoms with Gasteiger partial charge in [-0.2, -0.15) is 5.10 Å². The highest BCUT2D eigenvalue weighted by Crippen LogP contribution is 2.47. The summed E-state index contributed by atoms with van der Waals surface area (Å²) in [5.41, 5.74) is 3.38. The summed E-state index contributed by atoms with van der Waals surface area (Å²) in [6, 6.07) is 0. The van der Waals surface area contributed by atoms with Gasteiger partial charge in [0.1, 0.15) is 0 Å². The van der Waals surface area contributed by atoms with Crippen molar-refractivity contribution >= 4 is 0 Å². The summed E-state index contributed by atoms with van der Waals surface area (Å²) < 4.78 is 2.24. The fraction of sp³-hybridized carbons (Fsp3) is 0.786. The van der Waals surface area contributed by atoms with Crippen LogP contribution in [0.15, 0.2) is 6.20 Å². The van der Waals surface area contributed by atoms with Crippen LogP contribution in [0.4, 0.5) is 0 Å². The molecule has 3 heterocycles. The lowest BCUT2D eigenvalue weighted by Crippen LogP contribution is -2.42. The van der Waals surface area contributed by atoms with Crippen molar-refractivity contribution in [1.29, 1.82) is 0 Å². The van der Waals surface area contributed by atoms with E-state index in [9.17, 15) is 0 Å². The quantitative estimate of drug-likeness (QED) is 0.777. The van der Waals surface area contributed by atoms with Crippen LogP contribution in [0.1, 0.15) is 36.9 Å². The Balaban J connectivity index is 1.74. The van der Waals surface area contributed by atoms with Crippen LogP contribution in [0.5, 0.6) is 0 Å². The summed E-state index contributed by atoms with van der Waals surface area (Å²) in [6.07, 6.45) is 7.48. The Morgan fingerprint density at radius 3 is 3.39 bits per heavy atom. The number of piperidine rings is 1. The van der Waals surface area contributed by atoms with Crippen molar-refractivity contribution in [2.24, 2.45) is 5.92 Å². The topological polar surface area (TPSA) is 41.9 Å². The lowest BCUT2D eigenvalue weighted by molar-refractivity contribution is 0.324. The van der Waals surface area contributed by atoms with Gasteiger partial charge in [-0.15, -0.1) is 0 Å². The first-order valence-electron chi connectivity index (χ1n) is 7.34. The predicted molar refractivity (Wildman–Crippen MR) is 70.4 cm³/mol. The SMILES string of the molecule is c1nn2c(c1[C@@]13CC[C@@H](CNC1)C3)CNCCC2. The van der Waals surface area contributed by atoms with Gasteiger partial charge in [0.2, 0.25) is 0 Å². The van der Waals surface area contributed by atoms with Crippen LogP contribution in [0.3, 0.4) is 0 Å². The first kappa shape index (κ1) is 11.0. The third-order valence-corrected chi connectivity index (χ3v) is 5.14. The van der Waals surface area contributed by atoms with Crippen LogP contribution < -0.4 is 10.6 Å². The van der Waals surface area contributed by atoms with E-state index in [0.29, 0.717) is 5.41 Å². The van der Waals surface area contributed by atoms with E-state index in [4.69, 9.17) is 0 Å². The molecule has 4 nitrogen and oxygen atoms in total. The van der Waals surface area contributed by atoms with Crippen molar-refractivity contribution in [3.63, 3.8) is 0 Å². The van der Waals surface area contributed by atoms with Gasteiger partial charge in [-0.25, -0.2) is 0 Å². The van der Waals surface area contributed by atoms with Gasteiger partial charge in [-0.1, -0.05) is 0 Å². The molecule has 4 rings (SSSR count). The summed E-state index contributed by atoms with van der Waals surface area (Å²) >= 11 is 0. The fourth-order valence-corrected chi connectivity index (χ4v) is 4.22. The van der Waals surface area contributed by atoms with E-state index in [1.807, 2.05) is 0 Å². The number of hydrogen-bond acceptors (Lipinski definition) is 3. The highest BCUT2D eigenvalue weighted by Gasteiger charge is 2.45. The second-order valence-corrected chi connectivity index (χ2v) is 6.28. The third kappa shape index (κ3) is 1.55. The number of rotatable bonds is 1. The number of nitrogens with zero attached hydrogens (tertiary/aromatic N) is 2. The zero-order valence-corrected chi connectivity index (χ0v) is 10.9. The molecular weight excluding hydrogens is 224 g/mol. The monoisotopic (exact) mass is 246 g/mol. The lowest BCUT2D eigenvalue weighted by Gasteiger charge is -2.34. The number of hydrogen-bond donors (Lipinski definition) is 2.